The first kappa shape index (κ1) is 11.4. The molecule has 0 saturated heterocycles. The molecule has 0 aliphatic heterocycles. The van der Waals surface area contributed by atoms with Crippen molar-refractivity contribution in [2.75, 3.05) is 0 Å². The fourth-order valence-electron chi connectivity index (χ4n) is 1.96. The molecule has 0 saturated carbocycles. The maximum absolute atomic E-state index is 13.4. The summed E-state index contributed by atoms with van der Waals surface area (Å²) in [6.07, 6.45) is 1.69. The lowest BCUT2D eigenvalue weighted by Crippen LogP contribution is -2.01. The predicted octanol–water partition coefficient (Wildman–Crippen LogP) is 3.99. The number of halogens is 2. The van der Waals surface area contributed by atoms with Crippen LogP contribution >= 0.6 is 15.9 Å². The Hall–Kier alpha value is -1.68. The van der Waals surface area contributed by atoms with Gasteiger partial charge in [-0.25, -0.2) is 4.39 Å². The number of hydrogen-bond donors (Lipinski definition) is 0. The van der Waals surface area contributed by atoms with E-state index in [-0.39, 0.29) is 5.82 Å². The number of hydrogen-bond acceptors (Lipinski definition) is 1. The van der Waals surface area contributed by atoms with E-state index in [1.54, 1.807) is 12.3 Å². The maximum Gasteiger partial charge on any atom is 0.138 e. The van der Waals surface area contributed by atoms with Crippen LogP contribution in [0.25, 0.3) is 10.9 Å². The highest BCUT2D eigenvalue weighted by Crippen LogP contribution is 2.23. The van der Waals surface area contributed by atoms with Crippen molar-refractivity contribution < 1.29 is 4.39 Å². The van der Waals surface area contributed by atoms with Gasteiger partial charge in [-0.15, -0.1) is 0 Å². The molecule has 0 bridgehead atoms. The molecule has 0 N–H and O–H groups in total. The van der Waals surface area contributed by atoms with Crippen molar-refractivity contribution in [3.8, 4) is 0 Å². The molecular formula is C14H10BrFN2. The summed E-state index contributed by atoms with van der Waals surface area (Å²) < 4.78 is 15.7. The van der Waals surface area contributed by atoms with Crippen molar-refractivity contribution in [1.29, 1.82) is 0 Å². The van der Waals surface area contributed by atoms with Gasteiger partial charge in [0.15, 0.2) is 0 Å². The maximum atomic E-state index is 13.4. The highest BCUT2D eigenvalue weighted by atomic mass is 79.9. The Morgan fingerprint density at radius 2 is 1.94 bits per heavy atom. The number of aromatic nitrogens is 2. The molecule has 0 amide bonds. The molecule has 18 heavy (non-hydrogen) atoms. The van der Waals surface area contributed by atoms with Gasteiger partial charge in [-0.3, -0.25) is 4.68 Å². The molecule has 2 nitrogen and oxygen atoms in total. The van der Waals surface area contributed by atoms with E-state index in [2.05, 4.69) is 21.0 Å². The van der Waals surface area contributed by atoms with Crippen molar-refractivity contribution in [2.45, 2.75) is 6.54 Å². The lowest BCUT2D eigenvalue weighted by atomic mass is 10.2. The van der Waals surface area contributed by atoms with Crippen LogP contribution in [0.5, 0.6) is 0 Å². The standard InChI is InChI=1S/C14H10BrFN2/c15-12-7-14-11(6-13(12)16)8-17-18(14)9-10-4-2-1-3-5-10/h1-8H,9H2. The Kier molecular flexibility index (Phi) is 2.88. The van der Waals surface area contributed by atoms with Crippen molar-refractivity contribution in [3.63, 3.8) is 0 Å². The van der Waals surface area contributed by atoms with Gasteiger partial charge in [-0.2, -0.15) is 5.10 Å². The molecule has 4 heteroatoms. The topological polar surface area (TPSA) is 17.8 Å². The fourth-order valence-corrected chi connectivity index (χ4v) is 2.29. The Bertz CT molecular complexity index is 692. The second kappa shape index (κ2) is 4.53. The second-order valence-electron chi connectivity index (χ2n) is 4.11. The largest absolute Gasteiger partial charge is 0.260 e. The summed E-state index contributed by atoms with van der Waals surface area (Å²) in [5, 5.41) is 5.11. The normalized spacial score (nSPS) is 11.0. The Morgan fingerprint density at radius 3 is 2.72 bits per heavy atom. The van der Waals surface area contributed by atoms with Crippen LogP contribution < -0.4 is 0 Å². The first-order valence-electron chi connectivity index (χ1n) is 5.58. The van der Waals surface area contributed by atoms with Crippen LogP contribution in [0.4, 0.5) is 4.39 Å². The molecule has 90 valence electrons. The zero-order valence-corrected chi connectivity index (χ0v) is 11.1. The highest BCUT2D eigenvalue weighted by molar-refractivity contribution is 9.10. The van der Waals surface area contributed by atoms with E-state index in [4.69, 9.17) is 0 Å². The SMILES string of the molecule is Fc1cc2cnn(Cc3ccccc3)c2cc1Br. The van der Waals surface area contributed by atoms with Crippen molar-refractivity contribution >= 4 is 26.8 Å². The number of rotatable bonds is 2. The monoisotopic (exact) mass is 304 g/mol. The lowest BCUT2D eigenvalue weighted by molar-refractivity contribution is 0.622. The zero-order chi connectivity index (χ0) is 12.5. The quantitative estimate of drug-likeness (QED) is 0.700. The summed E-state index contributed by atoms with van der Waals surface area (Å²) in [6, 6.07) is 13.3. The molecule has 1 heterocycles. The van der Waals surface area contributed by atoms with Gasteiger partial charge >= 0.3 is 0 Å². The summed E-state index contributed by atoms with van der Waals surface area (Å²) in [4.78, 5) is 0. The average molecular weight is 305 g/mol. The van der Waals surface area contributed by atoms with E-state index in [0.29, 0.717) is 11.0 Å². The molecule has 1 aromatic heterocycles. The molecule has 0 aliphatic carbocycles. The Balaban J connectivity index is 2.05. The third-order valence-electron chi connectivity index (χ3n) is 2.86. The molecule has 0 fully saturated rings. The van der Waals surface area contributed by atoms with Gasteiger partial charge in [0.25, 0.3) is 0 Å². The minimum atomic E-state index is -0.262. The summed E-state index contributed by atoms with van der Waals surface area (Å²) >= 11 is 3.20. The molecule has 0 atom stereocenters. The first-order valence-corrected chi connectivity index (χ1v) is 6.38. The van der Waals surface area contributed by atoms with Crippen LogP contribution in [0.2, 0.25) is 0 Å². The van der Waals surface area contributed by atoms with Gasteiger partial charge in [-0.1, -0.05) is 30.3 Å². The third-order valence-corrected chi connectivity index (χ3v) is 3.47. The molecule has 3 rings (SSSR count). The molecule has 0 aliphatic rings. The van der Waals surface area contributed by atoms with E-state index < -0.39 is 0 Å². The lowest BCUT2D eigenvalue weighted by Gasteiger charge is -2.04. The van der Waals surface area contributed by atoms with E-state index in [9.17, 15) is 4.39 Å². The second-order valence-corrected chi connectivity index (χ2v) is 4.97. The number of nitrogens with zero attached hydrogens (tertiary/aromatic N) is 2. The molecule has 2 aromatic carbocycles. The fraction of sp³-hybridized carbons (Fsp3) is 0.0714. The zero-order valence-electron chi connectivity index (χ0n) is 9.48. The van der Waals surface area contributed by atoms with Crippen LogP contribution in [0.1, 0.15) is 5.56 Å². The van der Waals surface area contributed by atoms with E-state index in [1.807, 2.05) is 35.0 Å². The van der Waals surface area contributed by atoms with Crippen LogP contribution in [-0.2, 0) is 6.54 Å². The van der Waals surface area contributed by atoms with E-state index in [1.165, 1.54) is 11.6 Å². The van der Waals surface area contributed by atoms with Gasteiger partial charge < -0.3 is 0 Å². The van der Waals surface area contributed by atoms with Gasteiger partial charge in [0.2, 0.25) is 0 Å². The summed E-state index contributed by atoms with van der Waals surface area (Å²) in [5.74, 6) is -0.262. The number of fused-ring (bicyclic) bond motifs is 1. The van der Waals surface area contributed by atoms with Gasteiger partial charge in [0, 0.05) is 5.39 Å². The molecule has 0 radical (unpaired) electrons. The summed E-state index contributed by atoms with van der Waals surface area (Å²) in [7, 11) is 0. The van der Waals surface area contributed by atoms with Crippen molar-refractivity contribution in [2.24, 2.45) is 0 Å². The Morgan fingerprint density at radius 1 is 1.17 bits per heavy atom. The van der Waals surface area contributed by atoms with Crippen LogP contribution in [-0.4, -0.2) is 9.78 Å². The molecular weight excluding hydrogens is 295 g/mol. The minimum Gasteiger partial charge on any atom is -0.260 e. The minimum absolute atomic E-state index is 0.262. The smallest absolute Gasteiger partial charge is 0.138 e. The van der Waals surface area contributed by atoms with Crippen molar-refractivity contribution in [3.05, 3.63) is 64.5 Å². The van der Waals surface area contributed by atoms with Gasteiger partial charge in [0.1, 0.15) is 5.82 Å². The summed E-state index contributed by atoms with van der Waals surface area (Å²) in [5.41, 5.74) is 2.09. The Labute approximate surface area is 112 Å². The average Bonchev–Trinajstić information content (AvgIpc) is 2.74. The van der Waals surface area contributed by atoms with E-state index >= 15 is 0 Å². The predicted molar refractivity (Wildman–Crippen MR) is 72.9 cm³/mol. The van der Waals surface area contributed by atoms with E-state index in [0.717, 1.165) is 10.9 Å². The van der Waals surface area contributed by atoms with Gasteiger partial charge in [-0.05, 0) is 33.6 Å². The molecule has 3 aromatic rings. The van der Waals surface area contributed by atoms with Gasteiger partial charge in [0.05, 0.1) is 22.7 Å². The summed E-state index contributed by atoms with van der Waals surface area (Å²) in [6.45, 7) is 0.683. The van der Waals surface area contributed by atoms with Crippen LogP contribution in [0.3, 0.4) is 0 Å². The van der Waals surface area contributed by atoms with Crippen molar-refractivity contribution in [1.82, 2.24) is 9.78 Å². The number of benzene rings is 2. The third kappa shape index (κ3) is 2.04. The first-order chi connectivity index (χ1) is 8.74. The van der Waals surface area contributed by atoms with Crippen LogP contribution in [0, 0.1) is 5.82 Å². The molecule has 0 unspecified atom stereocenters. The highest BCUT2D eigenvalue weighted by Gasteiger charge is 2.07. The molecule has 0 spiro atoms. The van der Waals surface area contributed by atoms with Crippen LogP contribution in [0.15, 0.2) is 53.1 Å².